The van der Waals surface area contributed by atoms with E-state index in [-0.39, 0.29) is 24.4 Å². The van der Waals surface area contributed by atoms with Gasteiger partial charge >= 0.3 is 6.03 Å². The van der Waals surface area contributed by atoms with Crippen molar-refractivity contribution in [1.29, 1.82) is 0 Å². The first-order valence-corrected chi connectivity index (χ1v) is 12.2. The summed E-state index contributed by atoms with van der Waals surface area (Å²) in [4.78, 5) is 46.9. The fourth-order valence-electron chi connectivity index (χ4n) is 5.20. The molecule has 9 heteroatoms. The van der Waals surface area contributed by atoms with Gasteiger partial charge in [0.15, 0.2) is 0 Å². The molecule has 2 aromatic rings. The van der Waals surface area contributed by atoms with Crippen LogP contribution in [0.25, 0.3) is 0 Å². The molecule has 35 heavy (non-hydrogen) atoms. The first-order chi connectivity index (χ1) is 17.1. The molecule has 4 amide bonds. The molecule has 0 saturated carbocycles. The van der Waals surface area contributed by atoms with Gasteiger partial charge in [-0.3, -0.25) is 9.59 Å². The molecule has 1 spiro atoms. The van der Waals surface area contributed by atoms with E-state index < -0.39 is 5.54 Å². The number of nitrogens with zero attached hydrogens (tertiary/aromatic N) is 4. The van der Waals surface area contributed by atoms with Crippen molar-refractivity contribution in [3.63, 3.8) is 0 Å². The van der Waals surface area contributed by atoms with Gasteiger partial charge in [0.1, 0.15) is 12.1 Å². The zero-order valence-electron chi connectivity index (χ0n) is 19.8. The Labute approximate surface area is 205 Å². The smallest absolute Gasteiger partial charge is 0.321 e. The number of likely N-dealkylation sites (tertiary alicyclic amines) is 1. The summed E-state index contributed by atoms with van der Waals surface area (Å²) in [5.74, 6) is -0.0857. The van der Waals surface area contributed by atoms with Crippen molar-refractivity contribution < 1.29 is 19.1 Å². The fraction of sp³-hybridized carbons (Fsp3) is 0.423. The Kier molecular flexibility index (Phi) is 6.59. The molecule has 0 bridgehead atoms. The van der Waals surface area contributed by atoms with Crippen LogP contribution in [-0.2, 0) is 14.3 Å². The molecule has 5 rings (SSSR count). The maximum Gasteiger partial charge on any atom is 0.321 e. The van der Waals surface area contributed by atoms with Gasteiger partial charge in [0.25, 0.3) is 5.91 Å². The number of anilines is 2. The molecule has 3 aliphatic rings. The molecule has 2 aromatic carbocycles. The fourth-order valence-corrected chi connectivity index (χ4v) is 5.20. The van der Waals surface area contributed by atoms with Crippen LogP contribution in [0.3, 0.4) is 0 Å². The number of hydrogen-bond donors (Lipinski definition) is 1. The van der Waals surface area contributed by atoms with Crippen LogP contribution in [0.5, 0.6) is 0 Å². The molecule has 3 saturated heterocycles. The summed E-state index contributed by atoms with van der Waals surface area (Å²) in [6, 6.07) is 19.0. The average Bonchev–Trinajstić information content (AvgIpc) is 3.16. The first kappa shape index (κ1) is 23.2. The molecule has 0 aromatic heterocycles. The van der Waals surface area contributed by atoms with Crippen LogP contribution in [0.15, 0.2) is 60.7 Å². The minimum Gasteiger partial charge on any atom is -0.378 e. The quantitative estimate of drug-likeness (QED) is 0.730. The van der Waals surface area contributed by atoms with Crippen molar-refractivity contribution >= 4 is 29.2 Å². The zero-order valence-corrected chi connectivity index (χ0v) is 19.8. The van der Waals surface area contributed by atoms with Crippen LogP contribution in [0.4, 0.5) is 16.2 Å². The number of piperidine rings is 1. The third kappa shape index (κ3) is 4.68. The van der Waals surface area contributed by atoms with Crippen molar-refractivity contribution in [3.8, 4) is 0 Å². The van der Waals surface area contributed by atoms with Crippen molar-refractivity contribution in [3.05, 3.63) is 60.7 Å². The Morgan fingerprint density at radius 3 is 2.14 bits per heavy atom. The number of para-hydroxylation sites is 2. The maximum atomic E-state index is 13.8. The highest BCUT2D eigenvalue weighted by Crippen LogP contribution is 2.39. The van der Waals surface area contributed by atoms with Crippen molar-refractivity contribution in [2.45, 2.75) is 18.4 Å². The van der Waals surface area contributed by atoms with E-state index >= 15 is 0 Å². The summed E-state index contributed by atoms with van der Waals surface area (Å²) in [6.07, 6.45) is 1.01. The normalized spacial score (nSPS) is 19.8. The molecule has 0 atom stereocenters. The second kappa shape index (κ2) is 9.95. The van der Waals surface area contributed by atoms with Gasteiger partial charge in [-0.05, 0) is 37.1 Å². The number of rotatable bonds is 4. The van der Waals surface area contributed by atoms with E-state index in [0.29, 0.717) is 58.9 Å². The van der Waals surface area contributed by atoms with E-state index in [4.69, 9.17) is 4.74 Å². The monoisotopic (exact) mass is 477 g/mol. The highest BCUT2D eigenvalue weighted by atomic mass is 16.5. The van der Waals surface area contributed by atoms with E-state index in [1.54, 1.807) is 14.7 Å². The number of nitrogens with one attached hydrogen (secondary N) is 1. The van der Waals surface area contributed by atoms with Gasteiger partial charge in [0, 0.05) is 37.6 Å². The van der Waals surface area contributed by atoms with Crippen LogP contribution in [0.1, 0.15) is 12.8 Å². The molecule has 184 valence electrons. The van der Waals surface area contributed by atoms with Gasteiger partial charge in [-0.25, -0.2) is 4.79 Å². The summed E-state index contributed by atoms with van der Waals surface area (Å²) in [5.41, 5.74) is 0.925. The summed E-state index contributed by atoms with van der Waals surface area (Å²) in [5, 5.41) is 2.93. The summed E-state index contributed by atoms with van der Waals surface area (Å²) < 4.78 is 5.35. The lowest BCUT2D eigenvalue weighted by molar-refractivity contribution is -0.143. The number of hydrogen-bond acceptors (Lipinski definition) is 5. The van der Waals surface area contributed by atoms with E-state index in [0.717, 1.165) is 11.4 Å². The Balaban J connectivity index is 1.31. The second-order valence-corrected chi connectivity index (χ2v) is 9.22. The summed E-state index contributed by atoms with van der Waals surface area (Å²) in [6.45, 7) is 3.50. The third-order valence-corrected chi connectivity index (χ3v) is 7.17. The number of amides is 4. The standard InChI is InChI=1S/C26H31N5O4/c32-23(28-15-17-35-18-16-28)19-30-20-31(22-9-5-2-6-10-22)26(24(30)33)11-13-29(14-12-26)25(34)27-21-7-3-1-4-8-21/h1-10H,11-20H2,(H,27,34). The van der Waals surface area contributed by atoms with E-state index in [2.05, 4.69) is 10.2 Å². The summed E-state index contributed by atoms with van der Waals surface area (Å²) in [7, 11) is 0. The van der Waals surface area contributed by atoms with E-state index in [9.17, 15) is 14.4 Å². The van der Waals surface area contributed by atoms with Crippen molar-refractivity contribution in [2.24, 2.45) is 0 Å². The number of urea groups is 1. The Morgan fingerprint density at radius 2 is 1.49 bits per heavy atom. The minimum atomic E-state index is -0.768. The Bertz CT molecular complexity index is 1050. The van der Waals surface area contributed by atoms with Gasteiger partial charge < -0.3 is 29.7 Å². The van der Waals surface area contributed by atoms with Gasteiger partial charge in [-0.15, -0.1) is 0 Å². The van der Waals surface area contributed by atoms with Crippen LogP contribution < -0.4 is 10.2 Å². The Morgan fingerprint density at radius 1 is 0.857 bits per heavy atom. The lowest BCUT2D eigenvalue weighted by Gasteiger charge is -2.43. The lowest BCUT2D eigenvalue weighted by atomic mass is 9.85. The molecule has 9 nitrogen and oxygen atoms in total. The van der Waals surface area contributed by atoms with E-state index in [1.165, 1.54) is 0 Å². The molecular weight excluding hydrogens is 446 g/mol. The predicted octanol–water partition coefficient (Wildman–Crippen LogP) is 2.22. The molecule has 1 N–H and O–H groups in total. The summed E-state index contributed by atoms with van der Waals surface area (Å²) >= 11 is 0. The zero-order chi connectivity index (χ0) is 24.3. The minimum absolute atomic E-state index is 0.0360. The molecule has 3 fully saturated rings. The van der Waals surface area contributed by atoms with Crippen LogP contribution in [0, 0.1) is 0 Å². The Hall–Kier alpha value is -3.59. The van der Waals surface area contributed by atoms with Gasteiger partial charge in [-0.1, -0.05) is 36.4 Å². The van der Waals surface area contributed by atoms with Gasteiger partial charge in [0.05, 0.1) is 19.9 Å². The number of benzene rings is 2. The molecular formula is C26H31N5O4. The molecule has 3 heterocycles. The number of morpholine rings is 1. The van der Waals surface area contributed by atoms with Gasteiger partial charge in [0.2, 0.25) is 5.91 Å². The average molecular weight is 478 g/mol. The molecule has 0 unspecified atom stereocenters. The van der Waals surface area contributed by atoms with Crippen molar-refractivity contribution in [2.75, 3.05) is 62.8 Å². The predicted molar refractivity (Wildman–Crippen MR) is 132 cm³/mol. The second-order valence-electron chi connectivity index (χ2n) is 9.22. The van der Waals surface area contributed by atoms with E-state index in [1.807, 2.05) is 60.7 Å². The molecule has 3 aliphatic heterocycles. The third-order valence-electron chi connectivity index (χ3n) is 7.17. The van der Waals surface area contributed by atoms with Crippen LogP contribution in [0.2, 0.25) is 0 Å². The largest absolute Gasteiger partial charge is 0.378 e. The van der Waals surface area contributed by atoms with Crippen LogP contribution in [-0.4, -0.2) is 90.7 Å². The molecule has 0 radical (unpaired) electrons. The van der Waals surface area contributed by atoms with Gasteiger partial charge in [-0.2, -0.15) is 0 Å². The molecule has 0 aliphatic carbocycles. The number of carbonyl (C=O) groups is 3. The highest BCUT2D eigenvalue weighted by Gasteiger charge is 2.54. The number of carbonyl (C=O) groups excluding carboxylic acids is 3. The highest BCUT2D eigenvalue weighted by molar-refractivity contribution is 5.97. The lowest BCUT2D eigenvalue weighted by Crippen LogP contribution is -2.58. The number of ether oxygens (including phenoxy) is 1. The first-order valence-electron chi connectivity index (χ1n) is 12.2. The SMILES string of the molecule is O=C(CN1CN(c2ccccc2)C2(CCN(C(=O)Nc3ccccc3)CC2)C1=O)N1CCOCC1. The topological polar surface area (TPSA) is 85.4 Å². The van der Waals surface area contributed by atoms with Crippen molar-refractivity contribution in [1.82, 2.24) is 14.7 Å². The van der Waals surface area contributed by atoms with Crippen LogP contribution >= 0.6 is 0 Å². The maximum absolute atomic E-state index is 13.8.